The fourth-order valence-corrected chi connectivity index (χ4v) is 4.13. The largest absolute Gasteiger partial charge is 0.508 e. The molecular formula is C29H49N3O5. The van der Waals surface area contributed by atoms with Gasteiger partial charge in [0, 0.05) is 12.6 Å². The third kappa shape index (κ3) is 12.3. The predicted octanol–water partition coefficient (Wildman–Crippen LogP) is 5.70. The Morgan fingerprint density at radius 3 is 2.19 bits per heavy atom. The van der Waals surface area contributed by atoms with Crippen LogP contribution < -0.4 is 10.6 Å². The molecular weight excluding hydrogens is 470 g/mol. The van der Waals surface area contributed by atoms with Crippen molar-refractivity contribution in [1.29, 1.82) is 0 Å². The van der Waals surface area contributed by atoms with Gasteiger partial charge in [-0.15, -0.1) is 0 Å². The molecule has 8 nitrogen and oxygen atoms in total. The number of amides is 3. The molecule has 0 radical (unpaired) electrons. The monoisotopic (exact) mass is 519 g/mol. The molecule has 210 valence electrons. The van der Waals surface area contributed by atoms with E-state index in [1.807, 2.05) is 27.7 Å². The Bertz CT molecular complexity index is 863. The smallest absolute Gasteiger partial charge is 0.408 e. The molecule has 3 N–H and O–H groups in total. The summed E-state index contributed by atoms with van der Waals surface area (Å²) in [6.07, 6.45) is 4.61. The van der Waals surface area contributed by atoms with E-state index >= 15 is 0 Å². The zero-order chi connectivity index (χ0) is 28.2. The van der Waals surface area contributed by atoms with Crippen LogP contribution in [0.1, 0.15) is 106 Å². The molecule has 1 rings (SSSR count). The minimum Gasteiger partial charge on any atom is -0.508 e. The van der Waals surface area contributed by atoms with Crippen molar-refractivity contribution in [1.82, 2.24) is 15.5 Å². The number of carbonyl (C=O) groups excluding carboxylic acids is 3. The molecule has 1 aromatic carbocycles. The summed E-state index contributed by atoms with van der Waals surface area (Å²) in [7, 11) is 0. The summed E-state index contributed by atoms with van der Waals surface area (Å²) in [5.41, 5.74) is -0.198. The molecule has 37 heavy (non-hydrogen) atoms. The van der Waals surface area contributed by atoms with Crippen molar-refractivity contribution in [2.75, 3.05) is 6.54 Å². The standard InChI is InChI=1S/C29H49N3O5/c1-9-10-11-12-13-17-32(25(26(34)30-21(4)5)22-15-14-16-23(33)19-22)27(35)24(18-20(2)3)31-28(36)37-29(6,7)8/h14-16,19-21,24-25,33H,9-13,17-18H2,1-8H3,(H,30,34)(H,31,36). The van der Waals surface area contributed by atoms with Crippen LogP contribution in [0.25, 0.3) is 0 Å². The summed E-state index contributed by atoms with van der Waals surface area (Å²) in [5, 5.41) is 15.9. The van der Waals surface area contributed by atoms with Gasteiger partial charge >= 0.3 is 6.09 Å². The number of hydrogen-bond donors (Lipinski definition) is 3. The van der Waals surface area contributed by atoms with Gasteiger partial charge in [0.25, 0.3) is 0 Å². The van der Waals surface area contributed by atoms with E-state index < -0.39 is 23.8 Å². The first kappa shape index (κ1) is 32.3. The second kappa shape index (κ2) is 15.5. The summed E-state index contributed by atoms with van der Waals surface area (Å²) >= 11 is 0. The van der Waals surface area contributed by atoms with E-state index in [9.17, 15) is 19.5 Å². The number of carbonyl (C=O) groups is 3. The van der Waals surface area contributed by atoms with Crippen LogP contribution in [0.5, 0.6) is 5.75 Å². The fourth-order valence-electron chi connectivity index (χ4n) is 4.13. The van der Waals surface area contributed by atoms with Crippen molar-refractivity contribution >= 4 is 17.9 Å². The Morgan fingerprint density at radius 2 is 1.65 bits per heavy atom. The summed E-state index contributed by atoms with van der Waals surface area (Å²) in [6, 6.07) is 4.49. The highest BCUT2D eigenvalue weighted by Crippen LogP contribution is 2.27. The van der Waals surface area contributed by atoms with Crippen molar-refractivity contribution < 1.29 is 24.2 Å². The topological polar surface area (TPSA) is 108 Å². The van der Waals surface area contributed by atoms with Gasteiger partial charge in [-0.2, -0.15) is 0 Å². The molecule has 0 saturated heterocycles. The lowest BCUT2D eigenvalue weighted by atomic mass is 9.98. The van der Waals surface area contributed by atoms with Crippen LogP contribution in [0, 0.1) is 5.92 Å². The number of aromatic hydroxyl groups is 1. The average molecular weight is 520 g/mol. The first-order valence-electron chi connectivity index (χ1n) is 13.6. The van der Waals surface area contributed by atoms with Gasteiger partial charge in [-0.3, -0.25) is 9.59 Å². The number of alkyl carbamates (subject to hydrolysis) is 1. The van der Waals surface area contributed by atoms with Gasteiger partial charge in [0.2, 0.25) is 11.8 Å². The van der Waals surface area contributed by atoms with Crippen LogP contribution in [-0.2, 0) is 14.3 Å². The van der Waals surface area contributed by atoms with E-state index in [0.29, 0.717) is 18.5 Å². The first-order chi connectivity index (χ1) is 17.2. The highest BCUT2D eigenvalue weighted by molar-refractivity contribution is 5.92. The molecule has 3 amide bonds. The molecule has 0 saturated carbocycles. The van der Waals surface area contributed by atoms with Crippen molar-refractivity contribution in [2.45, 2.75) is 118 Å². The van der Waals surface area contributed by atoms with E-state index in [1.165, 1.54) is 12.1 Å². The average Bonchev–Trinajstić information content (AvgIpc) is 2.75. The highest BCUT2D eigenvalue weighted by atomic mass is 16.6. The maximum absolute atomic E-state index is 14.1. The number of hydrogen-bond acceptors (Lipinski definition) is 5. The Kier molecular flexibility index (Phi) is 13.5. The fraction of sp³-hybridized carbons (Fsp3) is 0.690. The molecule has 2 unspecified atom stereocenters. The van der Waals surface area contributed by atoms with Gasteiger partial charge in [-0.1, -0.05) is 58.6 Å². The number of nitrogens with one attached hydrogen (secondary N) is 2. The summed E-state index contributed by atoms with van der Waals surface area (Å²) in [5.74, 6) is -0.551. The van der Waals surface area contributed by atoms with Gasteiger partial charge in [0.1, 0.15) is 23.4 Å². The minimum absolute atomic E-state index is 0.0146. The summed E-state index contributed by atoms with van der Waals surface area (Å²) < 4.78 is 5.43. The molecule has 0 fully saturated rings. The van der Waals surface area contributed by atoms with Crippen LogP contribution in [0.15, 0.2) is 24.3 Å². The maximum Gasteiger partial charge on any atom is 0.408 e. The van der Waals surface area contributed by atoms with Crippen LogP contribution in [0.3, 0.4) is 0 Å². The zero-order valence-electron chi connectivity index (χ0n) is 24.1. The third-order valence-corrected chi connectivity index (χ3v) is 5.66. The number of nitrogens with zero attached hydrogens (tertiary/aromatic N) is 1. The molecule has 0 bridgehead atoms. The quantitative estimate of drug-likeness (QED) is 0.273. The number of phenols is 1. The molecule has 0 aliphatic carbocycles. The Hall–Kier alpha value is -2.77. The number of benzene rings is 1. The van der Waals surface area contributed by atoms with Crippen molar-refractivity contribution in [3.8, 4) is 5.75 Å². The second-order valence-corrected chi connectivity index (χ2v) is 11.4. The minimum atomic E-state index is -0.955. The second-order valence-electron chi connectivity index (χ2n) is 11.4. The Labute approximate surface area is 223 Å². The zero-order valence-corrected chi connectivity index (χ0v) is 24.1. The number of ether oxygens (including phenoxy) is 1. The highest BCUT2D eigenvalue weighted by Gasteiger charge is 2.36. The molecule has 0 aromatic heterocycles. The summed E-state index contributed by atoms with van der Waals surface area (Å²) in [6.45, 7) is 15.5. The third-order valence-electron chi connectivity index (χ3n) is 5.66. The number of unbranched alkanes of at least 4 members (excludes halogenated alkanes) is 4. The van der Waals surface area contributed by atoms with E-state index in [-0.39, 0.29) is 29.5 Å². The Morgan fingerprint density at radius 1 is 1.00 bits per heavy atom. The lowest BCUT2D eigenvalue weighted by Gasteiger charge is -2.35. The molecule has 2 atom stereocenters. The van der Waals surface area contributed by atoms with Crippen LogP contribution in [-0.4, -0.2) is 52.1 Å². The van der Waals surface area contributed by atoms with E-state index in [0.717, 1.165) is 32.1 Å². The first-order valence-corrected chi connectivity index (χ1v) is 13.6. The molecule has 0 spiro atoms. The SMILES string of the molecule is CCCCCCCN(C(=O)C(CC(C)C)NC(=O)OC(C)(C)C)C(C(=O)NC(C)C)c1cccc(O)c1. The van der Waals surface area contributed by atoms with Gasteiger partial charge in [-0.05, 0) is 71.1 Å². The van der Waals surface area contributed by atoms with E-state index in [1.54, 1.807) is 37.8 Å². The molecule has 0 aliphatic rings. The Balaban J connectivity index is 3.44. The number of rotatable bonds is 14. The van der Waals surface area contributed by atoms with Gasteiger partial charge < -0.3 is 25.4 Å². The normalized spacial score (nSPS) is 13.2. The van der Waals surface area contributed by atoms with Crippen LogP contribution in [0.4, 0.5) is 4.79 Å². The lowest BCUT2D eigenvalue weighted by molar-refractivity contribution is -0.143. The molecule has 1 aromatic rings. The van der Waals surface area contributed by atoms with Gasteiger partial charge in [0.15, 0.2) is 0 Å². The molecule has 0 heterocycles. The summed E-state index contributed by atoms with van der Waals surface area (Å²) in [4.78, 5) is 41.8. The maximum atomic E-state index is 14.1. The van der Waals surface area contributed by atoms with Crippen LogP contribution in [0.2, 0.25) is 0 Å². The molecule has 0 aliphatic heterocycles. The number of phenolic OH excluding ortho intramolecular Hbond substituents is 1. The van der Waals surface area contributed by atoms with Gasteiger partial charge in [0.05, 0.1) is 0 Å². The predicted molar refractivity (Wildman–Crippen MR) is 147 cm³/mol. The molecule has 8 heteroatoms. The van der Waals surface area contributed by atoms with Gasteiger partial charge in [-0.25, -0.2) is 4.79 Å². The van der Waals surface area contributed by atoms with Crippen molar-refractivity contribution in [2.24, 2.45) is 5.92 Å². The lowest BCUT2D eigenvalue weighted by Crippen LogP contribution is -2.54. The van der Waals surface area contributed by atoms with Crippen molar-refractivity contribution in [3.63, 3.8) is 0 Å². The van der Waals surface area contributed by atoms with Crippen LogP contribution >= 0.6 is 0 Å². The van der Waals surface area contributed by atoms with E-state index in [4.69, 9.17) is 4.74 Å². The van der Waals surface area contributed by atoms with Crippen molar-refractivity contribution in [3.05, 3.63) is 29.8 Å². The van der Waals surface area contributed by atoms with E-state index in [2.05, 4.69) is 17.6 Å².